The zero-order valence-corrected chi connectivity index (χ0v) is 31.8. The van der Waals surface area contributed by atoms with Crippen LogP contribution in [0.25, 0.3) is 9.81 Å². The highest BCUT2D eigenvalue weighted by Crippen LogP contribution is 2.52. The number of hydrogen-bond donors (Lipinski definition) is 0. The maximum atomic E-state index is 9.64. The second-order valence-electron chi connectivity index (χ2n) is 15.8. The van der Waals surface area contributed by atoms with Gasteiger partial charge in [0.1, 0.15) is 17.7 Å². The van der Waals surface area contributed by atoms with E-state index in [1.54, 1.807) is 0 Å². The molecule has 51 heavy (non-hydrogen) atoms. The van der Waals surface area contributed by atoms with Crippen LogP contribution in [0.3, 0.4) is 0 Å². The van der Waals surface area contributed by atoms with Gasteiger partial charge < -0.3 is 0 Å². The minimum absolute atomic E-state index is 0.0563. The molecule has 5 aromatic rings. The lowest BCUT2D eigenvalue weighted by atomic mass is 9.70. The van der Waals surface area contributed by atoms with Crippen LogP contribution in [0, 0.1) is 54.0 Å². The van der Waals surface area contributed by atoms with E-state index >= 15 is 0 Å². The van der Waals surface area contributed by atoms with Crippen LogP contribution in [0.1, 0.15) is 101 Å². The molecule has 0 amide bonds. The summed E-state index contributed by atoms with van der Waals surface area (Å²) in [5, 5.41) is 29.4. The summed E-state index contributed by atoms with van der Waals surface area (Å²) in [6.07, 6.45) is 4.44. The number of fused-ring (bicyclic) bond motifs is 7. The Bertz CT molecular complexity index is 2870. The number of nitrogens with zero attached hydrogens (tertiary/aromatic N) is 2. The molecule has 0 N–H and O–H groups in total. The first kappa shape index (κ1) is 32.4. The minimum Gasteiger partial charge on any atom is -0.192 e. The number of thioether (sulfide) groups is 2. The predicted octanol–water partition coefficient (Wildman–Crippen LogP) is 10.2. The van der Waals surface area contributed by atoms with Crippen molar-refractivity contribution in [2.24, 2.45) is 0 Å². The SMILES string of the molecule is CCCC1(CCC)c2cc3c(cc2=c2cc4c(cc21)=c1ccc(=C2Sc5ccccc5S2)cc1C4(C)C)C(C)(C)c1cc(=C(C#N)C#N)ccc1=3. The Morgan fingerprint density at radius 1 is 0.549 bits per heavy atom. The standard InChI is InChI=1S/C47H40N2S2/c1-7-17-47(18-8-2)40-23-32-30-15-13-27(29(25-48)26-49)19-36(30)45(3,4)38(32)21-34(40)35-22-39-33(24-41(35)47)31-16-14-28(20-37(31)46(39,5)6)44-50-42-11-9-10-12-43(42)51-44/h9-16,19-24H,7-8,17-18H2,1-6H3. The van der Waals surface area contributed by atoms with Crippen LogP contribution in [0.2, 0.25) is 0 Å². The number of nitriles is 2. The normalized spacial score (nSPS) is 17.0. The van der Waals surface area contributed by atoms with E-state index in [-0.39, 0.29) is 21.8 Å². The highest BCUT2D eigenvalue weighted by Gasteiger charge is 2.42. The molecule has 9 rings (SSSR count). The Hall–Kier alpha value is -4.48. The maximum absolute atomic E-state index is 9.64. The van der Waals surface area contributed by atoms with Crippen LogP contribution >= 0.6 is 23.5 Å². The van der Waals surface area contributed by atoms with Gasteiger partial charge in [-0.3, -0.25) is 0 Å². The molecule has 0 aromatic heterocycles. The molecule has 2 nitrogen and oxygen atoms in total. The maximum Gasteiger partial charge on any atom is 0.136 e. The van der Waals surface area contributed by atoms with Gasteiger partial charge in [0.2, 0.25) is 0 Å². The van der Waals surface area contributed by atoms with Gasteiger partial charge in [-0.1, -0.05) is 114 Å². The van der Waals surface area contributed by atoms with Crippen LogP contribution in [0.5, 0.6) is 0 Å². The fourth-order valence-electron chi connectivity index (χ4n) is 9.86. The Labute approximate surface area is 307 Å². The number of rotatable bonds is 4. The lowest BCUT2D eigenvalue weighted by Crippen LogP contribution is -2.26. The van der Waals surface area contributed by atoms with Crippen LogP contribution in [0.4, 0.5) is 0 Å². The molecule has 250 valence electrons. The summed E-state index contributed by atoms with van der Waals surface area (Å²) in [5.74, 6) is 0. The van der Waals surface area contributed by atoms with Gasteiger partial charge in [0.15, 0.2) is 0 Å². The summed E-state index contributed by atoms with van der Waals surface area (Å²) < 4.78 is 1.37. The third-order valence-electron chi connectivity index (χ3n) is 12.3. The van der Waals surface area contributed by atoms with E-state index in [2.05, 4.69) is 133 Å². The fourth-order valence-corrected chi connectivity index (χ4v) is 12.3. The van der Waals surface area contributed by atoms with E-state index < -0.39 is 0 Å². The average Bonchev–Trinajstić information content (AvgIpc) is 3.80. The molecule has 0 radical (unpaired) electrons. The smallest absolute Gasteiger partial charge is 0.136 e. The Morgan fingerprint density at radius 3 is 1.51 bits per heavy atom. The summed E-state index contributed by atoms with van der Waals surface area (Å²) in [4.78, 5) is 2.70. The molecule has 0 spiro atoms. The van der Waals surface area contributed by atoms with Gasteiger partial charge in [-0.05, 0) is 131 Å². The second-order valence-corrected chi connectivity index (χ2v) is 18.1. The van der Waals surface area contributed by atoms with E-state index in [1.165, 1.54) is 83.9 Å². The molecule has 3 aliphatic carbocycles. The summed E-state index contributed by atoms with van der Waals surface area (Å²) in [5.41, 5.74) is 8.06. The van der Waals surface area contributed by atoms with Gasteiger partial charge in [0, 0.05) is 31.3 Å². The molecule has 0 saturated carbocycles. The monoisotopic (exact) mass is 696 g/mol. The predicted molar refractivity (Wildman–Crippen MR) is 209 cm³/mol. The second kappa shape index (κ2) is 11.3. The number of benzene rings is 5. The molecule has 1 aliphatic heterocycles. The van der Waals surface area contributed by atoms with Gasteiger partial charge >= 0.3 is 0 Å². The summed E-state index contributed by atoms with van der Waals surface area (Å²) in [6, 6.07) is 36.6. The van der Waals surface area contributed by atoms with E-state index in [1.807, 2.05) is 29.6 Å². The largest absolute Gasteiger partial charge is 0.192 e. The highest BCUT2D eigenvalue weighted by atomic mass is 32.2. The van der Waals surface area contributed by atoms with Crippen molar-refractivity contribution in [3.05, 3.63) is 160 Å². The number of hydrogen-bond acceptors (Lipinski definition) is 4. The highest BCUT2D eigenvalue weighted by molar-refractivity contribution is 8.32. The van der Waals surface area contributed by atoms with E-state index in [9.17, 15) is 10.5 Å². The van der Waals surface area contributed by atoms with E-state index in [0.717, 1.165) is 25.7 Å². The first-order valence-electron chi connectivity index (χ1n) is 18.2. The van der Waals surface area contributed by atoms with Crippen molar-refractivity contribution >= 4 is 33.3 Å². The van der Waals surface area contributed by atoms with Crippen molar-refractivity contribution in [3.8, 4) is 12.1 Å². The molecule has 1 heterocycles. The molecule has 4 heteroatoms. The lowest BCUT2D eigenvalue weighted by Gasteiger charge is -2.33. The van der Waals surface area contributed by atoms with Crippen LogP contribution in [-0.2, 0) is 16.2 Å². The first-order chi connectivity index (χ1) is 24.6. The zero-order chi connectivity index (χ0) is 35.4. The quantitative estimate of drug-likeness (QED) is 0.188. The molecule has 0 fully saturated rings. The van der Waals surface area contributed by atoms with Gasteiger partial charge in [-0.15, -0.1) is 0 Å². The molecular weight excluding hydrogens is 657 g/mol. The van der Waals surface area contributed by atoms with Crippen molar-refractivity contribution < 1.29 is 0 Å². The van der Waals surface area contributed by atoms with Crippen molar-refractivity contribution in [3.63, 3.8) is 0 Å². The van der Waals surface area contributed by atoms with E-state index in [4.69, 9.17) is 0 Å². The molecule has 0 saturated heterocycles. The Kier molecular flexibility index (Phi) is 7.16. The topological polar surface area (TPSA) is 47.6 Å². The van der Waals surface area contributed by atoms with Crippen LogP contribution in [-0.4, -0.2) is 0 Å². The van der Waals surface area contributed by atoms with Gasteiger partial charge in [0.05, 0.1) is 4.24 Å². The minimum atomic E-state index is -0.261. The molecule has 0 atom stereocenters. The van der Waals surface area contributed by atoms with Gasteiger partial charge in [-0.2, -0.15) is 10.5 Å². The molecule has 5 aromatic carbocycles. The Balaban J connectivity index is 1.34. The fraction of sp³-hybridized carbons (Fsp3) is 0.277. The molecule has 0 bridgehead atoms. The summed E-state index contributed by atoms with van der Waals surface area (Å²) >= 11 is 3.80. The van der Waals surface area contributed by atoms with Gasteiger partial charge in [0.25, 0.3) is 0 Å². The first-order valence-corrected chi connectivity index (χ1v) is 19.9. The lowest BCUT2D eigenvalue weighted by molar-refractivity contribution is 0.430. The zero-order valence-electron chi connectivity index (χ0n) is 30.1. The molecule has 4 aliphatic rings. The summed E-state index contributed by atoms with van der Waals surface area (Å²) in [7, 11) is 0. The van der Waals surface area contributed by atoms with Crippen molar-refractivity contribution in [2.45, 2.75) is 93.3 Å². The van der Waals surface area contributed by atoms with Crippen LogP contribution in [0.15, 0.2) is 94.7 Å². The van der Waals surface area contributed by atoms with Crippen LogP contribution < -0.4 is 10.4 Å². The third kappa shape index (κ3) is 4.37. The van der Waals surface area contributed by atoms with Crippen molar-refractivity contribution in [1.29, 1.82) is 10.5 Å². The van der Waals surface area contributed by atoms with E-state index in [0.29, 0.717) is 5.22 Å². The average molecular weight is 697 g/mol. The molecular formula is C47H40N2S2. The Morgan fingerprint density at radius 2 is 1.00 bits per heavy atom. The molecule has 0 unspecified atom stereocenters. The third-order valence-corrected chi connectivity index (χ3v) is 14.9. The van der Waals surface area contributed by atoms with Crippen molar-refractivity contribution in [2.75, 3.05) is 0 Å². The summed E-state index contributed by atoms with van der Waals surface area (Å²) in [6.45, 7) is 14.1. The van der Waals surface area contributed by atoms with Crippen molar-refractivity contribution in [1.82, 2.24) is 0 Å². The van der Waals surface area contributed by atoms with Gasteiger partial charge in [-0.25, -0.2) is 0 Å².